The molecule has 2 rings (SSSR count). The fraction of sp³-hybridized carbons (Fsp3) is 0.538. The van der Waals surface area contributed by atoms with Gasteiger partial charge in [-0.25, -0.2) is 0 Å². The van der Waals surface area contributed by atoms with Gasteiger partial charge in [-0.1, -0.05) is 6.07 Å². The molecule has 0 amide bonds. The topological polar surface area (TPSA) is 80.0 Å². The van der Waals surface area contributed by atoms with Gasteiger partial charge in [0, 0.05) is 0 Å². The average Bonchev–Trinajstić information content (AvgIpc) is 2.46. The zero-order chi connectivity index (χ0) is 14.6. The lowest BCUT2D eigenvalue weighted by molar-refractivity contribution is 0.171. The van der Waals surface area contributed by atoms with Gasteiger partial charge in [0.25, 0.3) is 0 Å². The van der Waals surface area contributed by atoms with Crippen molar-refractivity contribution in [1.29, 1.82) is 0 Å². The number of benzene rings is 1. The molecule has 20 heavy (non-hydrogen) atoms. The fourth-order valence-corrected chi connectivity index (χ4v) is 3.63. The van der Waals surface area contributed by atoms with Crippen molar-refractivity contribution >= 4 is 7.60 Å². The molecule has 0 aliphatic carbocycles. The largest absolute Gasteiger partial charge is 0.486 e. The lowest BCUT2D eigenvalue weighted by Gasteiger charge is -2.25. The molecule has 1 aromatic rings. The summed E-state index contributed by atoms with van der Waals surface area (Å²) in [6.45, 7) is 5.06. The number of nitrogens with two attached hydrogens (primary N) is 1. The van der Waals surface area contributed by atoms with E-state index in [2.05, 4.69) is 0 Å². The molecule has 0 aromatic heterocycles. The van der Waals surface area contributed by atoms with Crippen LogP contribution >= 0.6 is 7.60 Å². The summed E-state index contributed by atoms with van der Waals surface area (Å²) in [4.78, 5) is 0. The van der Waals surface area contributed by atoms with E-state index in [4.69, 9.17) is 24.3 Å². The van der Waals surface area contributed by atoms with Crippen LogP contribution in [0.25, 0.3) is 0 Å². The van der Waals surface area contributed by atoms with Gasteiger partial charge >= 0.3 is 7.60 Å². The first-order valence-electron chi connectivity index (χ1n) is 6.64. The third-order valence-corrected chi connectivity index (χ3v) is 5.08. The fourth-order valence-electron chi connectivity index (χ4n) is 1.98. The average molecular weight is 301 g/mol. The van der Waals surface area contributed by atoms with Crippen LogP contribution in [0.2, 0.25) is 0 Å². The van der Waals surface area contributed by atoms with Gasteiger partial charge in [-0.3, -0.25) is 4.57 Å². The maximum atomic E-state index is 12.6. The highest BCUT2D eigenvalue weighted by atomic mass is 31.2. The van der Waals surface area contributed by atoms with Gasteiger partial charge in [0.15, 0.2) is 11.5 Å². The summed E-state index contributed by atoms with van der Waals surface area (Å²) in [6.07, 6.45) is 0. The zero-order valence-electron chi connectivity index (χ0n) is 11.7. The minimum atomic E-state index is -3.39. The number of hydrogen-bond donors (Lipinski definition) is 1. The minimum Gasteiger partial charge on any atom is -0.486 e. The summed E-state index contributed by atoms with van der Waals surface area (Å²) in [7, 11) is -3.39. The summed E-state index contributed by atoms with van der Waals surface area (Å²) in [5.74, 6) is 0.414. The van der Waals surface area contributed by atoms with E-state index in [-0.39, 0.29) is 13.2 Å². The molecule has 2 N–H and O–H groups in total. The van der Waals surface area contributed by atoms with Gasteiger partial charge in [-0.15, -0.1) is 0 Å². The molecule has 6 nitrogen and oxygen atoms in total. The van der Waals surface area contributed by atoms with Gasteiger partial charge in [-0.05, 0) is 31.5 Å². The van der Waals surface area contributed by atoms with Crippen molar-refractivity contribution < 1.29 is 23.1 Å². The lowest BCUT2D eigenvalue weighted by Crippen LogP contribution is -2.18. The van der Waals surface area contributed by atoms with Crippen molar-refractivity contribution in [3.8, 4) is 11.5 Å². The van der Waals surface area contributed by atoms with Crippen LogP contribution in [0, 0.1) is 0 Å². The zero-order valence-corrected chi connectivity index (χ0v) is 12.6. The summed E-state index contributed by atoms with van der Waals surface area (Å²) in [5, 5.41) is 0. The molecule has 1 atom stereocenters. The molecular weight excluding hydrogens is 281 g/mol. The van der Waals surface area contributed by atoms with Gasteiger partial charge in [0.05, 0.1) is 13.2 Å². The van der Waals surface area contributed by atoms with E-state index < -0.39 is 13.4 Å². The van der Waals surface area contributed by atoms with Crippen molar-refractivity contribution in [2.24, 2.45) is 5.73 Å². The highest BCUT2D eigenvalue weighted by Gasteiger charge is 2.34. The number of ether oxygens (including phenoxy) is 2. The molecule has 1 heterocycles. The normalized spacial score (nSPS) is 15.9. The Morgan fingerprint density at radius 3 is 2.40 bits per heavy atom. The third kappa shape index (κ3) is 3.15. The molecule has 7 heteroatoms. The molecular formula is C13H20NO5P. The summed E-state index contributed by atoms with van der Waals surface area (Å²) in [6, 6.07) is 5.23. The molecule has 1 aromatic carbocycles. The first kappa shape index (κ1) is 15.3. The first-order chi connectivity index (χ1) is 9.60. The molecule has 0 unspecified atom stereocenters. The minimum absolute atomic E-state index is 0.273. The molecule has 0 saturated heterocycles. The Morgan fingerprint density at radius 1 is 1.20 bits per heavy atom. The van der Waals surface area contributed by atoms with Crippen molar-refractivity contribution in [1.82, 2.24) is 0 Å². The Bertz CT molecular complexity index is 498. The summed E-state index contributed by atoms with van der Waals surface area (Å²) >= 11 is 0. The van der Waals surface area contributed by atoms with Crippen LogP contribution in [0.3, 0.4) is 0 Å². The molecule has 0 saturated carbocycles. The van der Waals surface area contributed by atoms with Crippen molar-refractivity contribution in [2.45, 2.75) is 19.6 Å². The molecule has 1 aliphatic heterocycles. The lowest BCUT2D eigenvalue weighted by atomic mass is 10.2. The van der Waals surface area contributed by atoms with Crippen LogP contribution in [0.15, 0.2) is 18.2 Å². The van der Waals surface area contributed by atoms with E-state index in [1.807, 2.05) is 0 Å². The van der Waals surface area contributed by atoms with Gasteiger partial charge in [-0.2, -0.15) is 0 Å². The van der Waals surface area contributed by atoms with Crippen molar-refractivity contribution in [3.05, 3.63) is 23.8 Å². The maximum absolute atomic E-state index is 12.6. The number of rotatable bonds is 6. The monoisotopic (exact) mass is 301 g/mol. The summed E-state index contributed by atoms with van der Waals surface area (Å²) < 4.78 is 34.1. The standard InChI is InChI=1S/C13H20NO5P/c1-3-18-20(15,19-4-2)13(14)10-5-6-11-12(9-10)17-8-7-16-11/h5-6,9,13H,3-4,7-8,14H2,1-2H3/t13-/m0/s1. The predicted molar refractivity (Wildman–Crippen MR) is 75.2 cm³/mol. The van der Waals surface area contributed by atoms with Crippen LogP contribution in [0.5, 0.6) is 11.5 Å². The predicted octanol–water partition coefficient (Wildman–Crippen LogP) is 2.68. The van der Waals surface area contributed by atoms with Crippen molar-refractivity contribution in [3.63, 3.8) is 0 Å². The second kappa shape index (κ2) is 6.59. The molecule has 0 spiro atoms. The highest BCUT2D eigenvalue weighted by Crippen LogP contribution is 2.58. The third-order valence-electron chi connectivity index (χ3n) is 2.87. The number of hydrogen-bond acceptors (Lipinski definition) is 6. The summed E-state index contributed by atoms with van der Waals surface area (Å²) in [5.41, 5.74) is 6.71. The molecule has 1 aliphatic rings. The van der Waals surface area contributed by atoms with E-state index in [9.17, 15) is 4.57 Å². The molecule has 0 fully saturated rings. The van der Waals surface area contributed by atoms with E-state index in [1.165, 1.54) is 0 Å². The Hall–Kier alpha value is -1.07. The van der Waals surface area contributed by atoms with Gasteiger partial charge in [0.2, 0.25) is 0 Å². The number of fused-ring (bicyclic) bond motifs is 1. The van der Waals surface area contributed by atoms with E-state index >= 15 is 0 Å². The Balaban J connectivity index is 2.27. The Kier molecular flexibility index (Phi) is 5.05. The molecule has 112 valence electrons. The molecule has 0 bridgehead atoms. The van der Waals surface area contributed by atoms with Crippen LogP contribution in [-0.4, -0.2) is 26.4 Å². The van der Waals surface area contributed by atoms with Crippen LogP contribution in [0.4, 0.5) is 0 Å². The van der Waals surface area contributed by atoms with E-state index in [0.717, 1.165) is 0 Å². The quantitative estimate of drug-likeness (QED) is 0.814. The van der Waals surface area contributed by atoms with E-state index in [1.54, 1.807) is 32.0 Å². The van der Waals surface area contributed by atoms with Crippen LogP contribution in [-0.2, 0) is 13.6 Å². The maximum Gasteiger partial charge on any atom is 0.351 e. The van der Waals surface area contributed by atoms with Crippen molar-refractivity contribution in [2.75, 3.05) is 26.4 Å². The SMILES string of the molecule is CCOP(=O)(OCC)[C@H](N)c1ccc2c(c1)OCCO2. The van der Waals surface area contributed by atoms with Gasteiger partial charge < -0.3 is 24.3 Å². The second-order valence-electron chi connectivity index (χ2n) is 4.22. The van der Waals surface area contributed by atoms with Crippen LogP contribution in [0.1, 0.15) is 25.2 Å². The van der Waals surface area contributed by atoms with Crippen LogP contribution < -0.4 is 15.2 Å². The smallest absolute Gasteiger partial charge is 0.351 e. The highest BCUT2D eigenvalue weighted by molar-refractivity contribution is 7.54. The van der Waals surface area contributed by atoms with Gasteiger partial charge in [0.1, 0.15) is 19.0 Å². The Labute approximate surface area is 118 Å². The Morgan fingerprint density at radius 2 is 1.80 bits per heavy atom. The first-order valence-corrected chi connectivity index (χ1v) is 8.25. The second-order valence-corrected chi connectivity index (χ2v) is 6.38. The molecule has 0 radical (unpaired) electrons. The van der Waals surface area contributed by atoms with E-state index in [0.29, 0.717) is 30.3 Å².